The zero-order valence-electron chi connectivity index (χ0n) is 17.5. The maximum atomic E-state index is 12.1. The van der Waals surface area contributed by atoms with Gasteiger partial charge in [0.25, 0.3) is 5.22 Å². The molecule has 0 fully saturated rings. The van der Waals surface area contributed by atoms with Crippen LogP contribution < -0.4 is 19.5 Å². The maximum Gasteiger partial charge on any atom is 0.277 e. The summed E-state index contributed by atoms with van der Waals surface area (Å²) in [5.74, 6) is 1.94. The smallest absolute Gasteiger partial charge is 0.277 e. The topological polar surface area (TPSA) is 95.7 Å². The third kappa shape index (κ3) is 5.69. The Balaban J connectivity index is 1.55. The molecule has 0 atom stereocenters. The lowest BCUT2D eigenvalue weighted by molar-refractivity contribution is -0.118. The van der Waals surface area contributed by atoms with Crippen LogP contribution in [-0.4, -0.2) is 49.7 Å². The molecule has 2 aromatic rings. The van der Waals surface area contributed by atoms with E-state index in [1.807, 2.05) is 0 Å². The summed E-state index contributed by atoms with van der Waals surface area (Å²) in [5, 5.41) is 11.3. The van der Waals surface area contributed by atoms with E-state index in [1.165, 1.54) is 30.2 Å². The first-order valence-corrected chi connectivity index (χ1v) is 10.8. The number of hydrogen-bond acceptors (Lipinski definition) is 8. The van der Waals surface area contributed by atoms with Gasteiger partial charge >= 0.3 is 0 Å². The molecule has 0 saturated carbocycles. The Kier molecular flexibility index (Phi) is 8.01. The number of benzene rings is 1. The summed E-state index contributed by atoms with van der Waals surface area (Å²) in [4.78, 5) is 12.1. The van der Waals surface area contributed by atoms with Crippen molar-refractivity contribution in [3.63, 3.8) is 0 Å². The molecule has 0 radical (unpaired) electrons. The molecule has 0 aliphatic heterocycles. The van der Waals surface area contributed by atoms with Crippen molar-refractivity contribution in [3.8, 4) is 28.7 Å². The molecule has 1 aromatic heterocycles. The lowest BCUT2D eigenvalue weighted by atomic mass is 9.97. The van der Waals surface area contributed by atoms with Crippen molar-refractivity contribution < 1.29 is 23.4 Å². The van der Waals surface area contributed by atoms with E-state index >= 15 is 0 Å². The van der Waals surface area contributed by atoms with E-state index in [9.17, 15) is 4.79 Å². The maximum absolute atomic E-state index is 12.1. The Labute approximate surface area is 180 Å². The van der Waals surface area contributed by atoms with Gasteiger partial charge in [0.1, 0.15) is 0 Å². The van der Waals surface area contributed by atoms with Gasteiger partial charge in [-0.25, -0.2) is 0 Å². The van der Waals surface area contributed by atoms with Crippen LogP contribution in [0.4, 0.5) is 0 Å². The summed E-state index contributed by atoms with van der Waals surface area (Å²) < 4.78 is 21.7. The van der Waals surface area contributed by atoms with E-state index in [4.69, 9.17) is 18.6 Å². The molecule has 3 rings (SSSR count). The van der Waals surface area contributed by atoms with Crippen LogP contribution >= 0.6 is 11.8 Å². The number of thioether (sulfide) groups is 1. The van der Waals surface area contributed by atoms with E-state index in [-0.39, 0.29) is 11.7 Å². The van der Waals surface area contributed by atoms with Crippen molar-refractivity contribution in [2.75, 3.05) is 33.6 Å². The second kappa shape index (κ2) is 10.9. The average molecular weight is 434 g/mol. The Morgan fingerprint density at radius 2 is 1.90 bits per heavy atom. The Morgan fingerprint density at radius 1 is 1.13 bits per heavy atom. The molecule has 1 N–H and O–H groups in total. The molecule has 0 bridgehead atoms. The quantitative estimate of drug-likeness (QED) is 0.446. The molecule has 1 heterocycles. The zero-order chi connectivity index (χ0) is 21.3. The van der Waals surface area contributed by atoms with Crippen LogP contribution in [0.2, 0.25) is 0 Å². The third-order valence-electron chi connectivity index (χ3n) is 4.80. The average Bonchev–Trinajstić information content (AvgIpc) is 3.26. The first-order valence-electron chi connectivity index (χ1n) is 9.86. The van der Waals surface area contributed by atoms with Crippen molar-refractivity contribution >= 4 is 17.7 Å². The van der Waals surface area contributed by atoms with Gasteiger partial charge in [0.15, 0.2) is 11.5 Å². The van der Waals surface area contributed by atoms with Gasteiger partial charge in [0.2, 0.25) is 17.5 Å². The normalized spacial score (nSPS) is 13.5. The molecule has 162 valence electrons. The largest absolute Gasteiger partial charge is 0.493 e. The van der Waals surface area contributed by atoms with Crippen LogP contribution in [0.25, 0.3) is 11.5 Å². The number of rotatable bonds is 10. The lowest BCUT2D eigenvalue weighted by Gasteiger charge is -2.12. The molecule has 1 amide bonds. The fourth-order valence-electron chi connectivity index (χ4n) is 3.26. The number of aromatic nitrogens is 2. The molecule has 8 nitrogen and oxygen atoms in total. The van der Waals surface area contributed by atoms with Gasteiger partial charge in [-0.05, 0) is 44.2 Å². The van der Waals surface area contributed by atoms with E-state index in [2.05, 4.69) is 21.6 Å². The SMILES string of the molecule is COc1cc(-c2nnc(SCC(=O)NCCC3=CCCCC3)o2)cc(OC)c1OC. The molecule has 1 aliphatic rings. The molecule has 30 heavy (non-hydrogen) atoms. The summed E-state index contributed by atoms with van der Waals surface area (Å²) >= 11 is 1.20. The van der Waals surface area contributed by atoms with Crippen LogP contribution in [0.15, 0.2) is 33.4 Å². The van der Waals surface area contributed by atoms with Crippen molar-refractivity contribution in [3.05, 3.63) is 23.8 Å². The van der Waals surface area contributed by atoms with Gasteiger partial charge in [-0.15, -0.1) is 10.2 Å². The monoisotopic (exact) mass is 433 g/mol. The van der Waals surface area contributed by atoms with Gasteiger partial charge in [-0.1, -0.05) is 23.4 Å². The van der Waals surface area contributed by atoms with Crippen LogP contribution in [0.1, 0.15) is 32.1 Å². The first kappa shape index (κ1) is 22.0. The fraction of sp³-hybridized carbons (Fsp3) is 0.476. The number of amides is 1. The molecule has 1 aliphatic carbocycles. The van der Waals surface area contributed by atoms with Gasteiger partial charge < -0.3 is 23.9 Å². The lowest BCUT2D eigenvalue weighted by Crippen LogP contribution is -2.26. The van der Waals surface area contributed by atoms with E-state index < -0.39 is 0 Å². The summed E-state index contributed by atoms with van der Waals surface area (Å²) in [7, 11) is 4.62. The van der Waals surface area contributed by atoms with Crippen LogP contribution in [0, 0.1) is 0 Å². The highest BCUT2D eigenvalue weighted by atomic mass is 32.2. The molecular formula is C21H27N3O5S. The number of carbonyl (C=O) groups excluding carboxylic acids is 1. The summed E-state index contributed by atoms with van der Waals surface area (Å²) in [6.45, 7) is 0.658. The number of carbonyl (C=O) groups is 1. The molecule has 0 spiro atoms. The van der Waals surface area contributed by atoms with Crippen LogP contribution in [-0.2, 0) is 4.79 Å². The number of nitrogens with zero attached hydrogens (tertiary/aromatic N) is 2. The van der Waals surface area contributed by atoms with Crippen LogP contribution in [0.5, 0.6) is 17.2 Å². The molecule has 0 unspecified atom stereocenters. The van der Waals surface area contributed by atoms with Gasteiger partial charge in [-0.3, -0.25) is 4.79 Å². The molecule has 1 aromatic carbocycles. The minimum atomic E-state index is -0.0519. The summed E-state index contributed by atoms with van der Waals surface area (Å²) in [5.41, 5.74) is 2.08. The summed E-state index contributed by atoms with van der Waals surface area (Å²) in [6.07, 6.45) is 8.05. The number of ether oxygens (including phenoxy) is 3. The first-order chi connectivity index (χ1) is 14.6. The molecular weight excluding hydrogens is 406 g/mol. The zero-order valence-corrected chi connectivity index (χ0v) is 18.3. The number of hydrogen-bond donors (Lipinski definition) is 1. The third-order valence-corrected chi connectivity index (χ3v) is 5.62. The fourth-order valence-corrected chi connectivity index (χ4v) is 3.85. The predicted octanol–water partition coefficient (Wildman–Crippen LogP) is 3.86. The van der Waals surface area contributed by atoms with Gasteiger partial charge in [-0.2, -0.15) is 0 Å². The highest BCUT2D eigenvalue weighted by Gasteiger charge is 2.18. The highest BCUT2D eigenvalue weighted by Crippen LogP contribution is 2.41. The standard InChI is InChI=1S/C21H27N3O5S/c1-26-16-11-15(12-17(27-2)19(16)28-3)20-23-24-21(29-20)30-13-18(25)22-10-9-14-7-5-4-6-8-14/h7,11-12H,4-6,8-10,13H2,1-3H3,(H,22,25). The Bertz CT molecular complexity index is 872. The second-order valence-electron chi connectivity index (χ2n) is 6.78. The minimum Gasteiger partial charge on any atom is -0.493 e. The van der Waals surface area contributed by atoms with E-state index in [0.717, 1.165) is 19.3 Å². The van der Waals surface area contributed by atoms with E-state index in [1.54, 1.807) is 33.5 Å². The predicted molar refractivity (Wildman–Crippen MR) is 114 cm³/mol. The van der Waals surface area contributed by atoms with Crippen molar-refractivity contribution in [2.45, 2.75) is 37.3 Å². The number of allylic oxidation sites excluding steroid dienone is 1. The second-order valence-corrected chi connectivity index (χ2v) is 7.71. The van der Waals surface area contributed by atoms with E-state index in [0.29, 0.717) is 40.5 Å². The minimum absolute atomic E-state index is 0.0519. The number of methoxy groups -OCH3 is 3. The van der Waals surface area contributed by atoms with Crippen LogP contribution in [0.3, 0.4) is 0 Å². The Morgan fingerprint density at radius 3 is 2.53 bits per heavy atom. The molecule has 0 saturated heterocycles. The van der Waals surface area contributed by atoms with Gasteiger partial charge in [0.05, 0.1) is 27.1 Å². The molecule has 9 heteroatoms. The van der Waals surface area contributed by atoms with Crippen molar-refractivity contribution in [1.82, 2.24) is 15.5 Å². The number of nitrogens with one attached hydrogen (secondary N) is 1. The highest BCUT2D eigenvalue weighted by molar-refractivity contribution is 7.99. The van der Waals surface area contributed by atoms with Gasteiger partial charge in [0, 0.05) is 12.1 Å². The van der Waals surface area contributed by atoms with Crippen molar-refractivity contribution in [1.29, 1.82) is 0 Å². The van der Waals surface area contributed by atoms with Crippen molar-refractivity contribution in [2.24, 2.45) is 0 Å². The Hall–Kier alpha value is -2.68. The summed E-state index contributed by atoms with van der Waals surface area (Å²) in [6, 6.07) is 3.46.